The van der Waals surface area contributed by atoms with Gasteiger partial charge in [0, 0.05) is 63.4 Å². The first-order valence-corrected chi connectivity index (χ1v) is 8.31. The molecule has 0 amide bonds. The Morgan fingerprint density at radius 1 is 1.00 bits per heavy atom. The Kier molecular flexibility index (Phi) is 4.27. The third kappa shape index (κ3) is 3.85. The first-order valence-electron chi connectivity index (χ1n) is 7.16. The summed E-state index contributed by atoms with van der Waals surface area (Å²) in [5.74, 6) is 3.66. The Morgan fingerprint density at radius 2 is 1.71 bits per heavy atom. The molecule has 3 nitrogen and oxygen atoms in total. The molecule has 17 heavy (non-hydrogen) atoms. The summed E-state index contributed by atoms with van der Waals surface area (Å²) in [5.41, 5.74) is 0. The topological polar surface area (TPSA) is 18.5 Å². The zero-order valence-corrected chi connectivity index (χ0v) is 11.6. The highest BCUT2D eigenvalue weighted by atomic mass is 32.2. The minimum absolute atomic E-state index is 0.740. The largest absolute Gasteiger partial charge is 0.311 e. The molecule has 0 spiro atoms. The highest BCUT2D eigenvalue weighted by Crippen LogP contribution is 2.29. The third-order valence-corrected chi connectivity index (χ3v) is 5.29. The number of nitrogens with zero attached hydrogens (tertiary/aromatic N) is 2. The lowest BCUT2D eigenvalue weighted by atomic mass is 10.2. The number of hydrogen-bond donors (Lipinski definition) is 1. The second-order valence-corrected chi connectivity index (χ2v) is 6.92. The van der Waals surface area contributed by atoms with Gasteiger partial charge in [-0.15, -0.1) is 0 Å². The third-order valence-electron chi connectivity index (χ3n) is 4.16. The van der Waals surface area contributed by atoms with E-state index in [2.05, 4.69) is 26.9 Å². The van der Waals surface area contributed by atoms with Crippen molar-refractivity contribution in [3.63, 3.8) is 0 Å². The van der Waals surface area contributed by atoms with E-state index in [1.807, 2.05) is 0 Å². The Bertz CT molecular complexity index is 231. The van der Waals surface area contributed by atoms with E-state index in [1.54, 1.807) is 0 Å². The number of thioether (sulfide) groups is 1. The molecule has 0 aromatic heterocycles. The van der Waals surface area contributed by atoms with E-state index in [1.165, 1.54) is 70.2 Å². The molecular formula is C13H25N3S. The number of rotatable bonds is 4. The van der Waals surface area contributed by atoms with Crippen LogP contribution in [-0.4, -0.2) is 73.2 Å². The van der Waals surface area contributed by atoms with Gasteiger partial charge in [0.25, 0.3) is 0 Å². The summed E-state index contributed by atoms with van der Waals surface area (Å²) in [6, 6.07) is 0.740. The zero-order chi connectivity index (χ0) is 11.5. The first kappa shape index (κ1) is 12.3. The minimum atomic E-state index is 0.740. The maximum Gasteiger partial charge on any atom is 0.0285 e. The predicted molar refractivity (Wildman–Crippen MR) is 74.7 cm³/mol. The monoisotopic (exact) mass is 255 g/mol. The fraction of sp³-hybridized carbons (Fsp3) is 1.00. The van der Waals surface area contributed by atoms with Crippen molar-refractivity contribution in [1.29, 1.82) is 0 Å². The first-order chi connectivity index (χ1) is 8.40. The fourth-order valence-electron chi connectivity index (χ4n) is 2.87. The van der Waals surface area contributed by atoms with Crippen LogP contribution in [0.3, 0.4) is 0 Å². The molecule has 0 bridgehead atoms. The molecule has 1 saturated carbocycles. The summed E-state index contributed by atoms with van der Waals surface area (Å²) < 4.78 is 0. The van der Waals surface area contributed by atoms with Crippen LogP contribution >= 0.6 is 11.8 Å². The summed E-state index contributed by atoms with van der Waals surface area (Å²) >= 11 is 2.11. The molecule has 0 aromatic rings. The van der Waals surface area contributed by atoms with E-state index in [4.69, 9.17) is 0 Å². The van der Waals surface area contributed by atoms with E-state index >= 15 is 0 Å². The molecule has 3 aliphatic rings. The Hall–Kier alpha value is 0.230. The van der Waals surface area contributed by atoms with Gasteiger partial charge in [-0.1, -0.05) is 0 Å². The summed E-state index contributed by atoms with van der Waals surface area (Å²) in [6.45, 7) is 9.03. The smallest absolute Gasteiger partial charge is 0.0285 e. The molecule has 0 radical (unpaired) electrons. The summed E-state index contributed by atoms with van der Waals surface area (Å²) in [4.78, 5) is 5.34. The van der Waals surface area contributed by atoms with Crippen LogP contribution in [0.4, 0.5) is 0 Å². The van der Waals surface area contributed by atoms with Crippen LogP contribution in [0.5, 0.6) is 0 Å². The van der Waals surface area contributed by atoms with Crippen molar-refractivity contribution in [3.05, 3.63) is 0 Å². The number of nitrogens with one attached hydrogen (secondary N) is 1. The standard InChI is InChI=1S/C13H25N3S/c1-2-12(1)9-15-4-6-16(7-5-15)10-13-11-17-8-3-14-13/h12-14H,1-11H2. The molecule has 3 rings (SSSR count). The molecule has 98 valence electrons. The Labute approximate surface area is 109 Å². The number of hydrogen-bond acceptors (Lipinski definition) is 4. The van der Waals surface area contributed by atoms with Crippen molar-refractivity contribution in [3.8, 4) is 0 Å². The van der Waals surface area contributed by atoms with E-state index in [0.29, 0.717) is 0 Å². The van der Waals surface area contributed by atoms with Gasteiger partial charge in [-0.2, -0.15) is 11.8 Å². The Morgan fingerprint density at radius 3 is 2.29 bits per heavy atom. The van der Waals surface area contributed by atoms with Gasteiger partial charge in [-0.25, -0.2) is 0 Å². The highest BCUT2D eigenvalue weighted by molar-refractivity contribution is 7.99. The van der Waals surface area contributed by atoms with Gasteiger partial charge in [0.05, 0.1) is 0 Å². The molecule has 1 unspecified atom stereocenters. The lowest BCUT2D eigenvalue weighted by Gasteiger charge is -2.37. The average molecular weight is 255 g/mol. The summed E-state index contributed by atoms with van der Waals surface area (Å²) in [6.07, 6.45) is 2.98. The normalized spacial score (nSPS) is 32.8. The average Bonchev–Trinajstić information content (AvgIpc) is 3.17. The van der Waals surface area contributed by atoms with Crippen molar-refractivity contribution < 1.29 is 0 Å². The van der Waals surface area contributed by atoms with Crippen LogP contribution in [0.25, 0.3) is 0 Å². The van der Waals surface area contributed by atoms with Gasteiger partial charge >= 0.3 is 0 Å². The maximum atomic E-state index is 3.64. The van der Waals surface area contributed by atoms with Crippen LogP contribution in [-0.2, 0) is 0 Å². The van der Waals surface area contributed by atoms with Crippen LogP contribution in [0, 0.1) is 5.92 Å². The van der Waals surface area contributed by atoms with E-state index in [0.717, 1.165) is 12.0 Å². The maximum absolute atomic E-state index is 3.64. The van der Waals surface area contributed by atoms with Crippen LogP contribution in [0.15, 0.2) is 0 Å². The molecule has 3 fully saturated rings. The minimum Gasteiger partial charge on any atom is -0.311 e. The van der Waals surface area contributed by atoms with Gasteiger partial charge < -0.3 is 10.2 Å². The van der Waals surface area contributed by atoms with Crippen LogP contribution in [0.1, 0.15) is 12.8 Å². The van der Waals surface area contributed by atoms with E-state index in [-0.39, 0.29) is 0 Å². The van der Waals surface area contributed by atoms with Crippen molar-refractivity contribution in [1.82, 2.24) is 15.1 Å². The van der Waals surface area contributed by atoms with E-state index < -0.39 is 0 Å². The zero-order valence-electron chi connectivity index (χ0n) is 10.7. The molecule has 2 heterocycles. The molecule has 1 atom stereocenters. The second kappa shape index (κ2) is 5.91. The molecule has 4 heteroatoms. The SMILES string of the molecule is C1CSCC(CN2CCN(CC3CC3)CC2)N1. The van der Waals surface area contributed by atoms with Crippen LogP contribution < -0.4 is 5.32 Å². The van der Waals surface area contributed by atoms with Gasteiger partial charge in [0.2, 0.25) is 0 Å². The lowest BCUT2D eigenvalue weighted by molar-refractivity contribution is 0.121. The predicted octanol–water partition coefficient (Wildman–Crippen LogP) is 0.719. The van der Waals surface area contributed by atoms with Crippen molar-refractivity contribution in [2.45, 2.75) is 18.9 Å². The molecule has 1 aliphatic carbocycles. The molecule has 0 aromatic carbocycles. The highest BCUT2D eigenvalue weighted by Gasteiger charge is 2.27. The quantitative estimate of drug-likeness (QED) is 0.797. The van der Waals surface area contributed by atoms with E-state index in [9.17, 15) is 0 Å². The van der Waals surface area contributed by atoms with Crippen molar-refractivity contribution in [2.24, 2.45) is 5.92 Å². The van der Waals surface area contributed by atoms with Gasteiger partial charge in [0.1, 0.15) is 0 Å². The van der Waals surface area contributed by atoms with Gasteiger partial charge in [0.15, 0.2) is 0 Å². The van der Waals surface area contributed by atoms with Crippen molar-refractivity contribution in [2.75, 3.05) is 57.3 Å². The summed E-state index contributed by atoms with van der Waals surface area (Å²) in [5, 5.41) is 3.64. The molecule has 2 saturated heterocycles. The van der Waals surface area contributed by atoms with Crippen molar-refractivity contribution >= 4 is 11.8 Å². The number of piperazine rings is 1. The second-order valence-electron chi connectivity index (χ2n) is 5.77. The Balaban J connectivity index is 1.35. The lowest BCUT2D eigenvalue weighted by Crippen LogP contribution is -2.52. The van der Waals surface area contributed by atoms with Gasteiger partial charge in [-0.05, 0) is 18.8 Å². The summed E-state index contributed by atoms with van der Waals surface area (Å²) in [7, 11) is 0. The van der Waals surface area contributed by atoms with Gasteiger partial charge in [-0.3, -0.25) is 4.90 Å². The molecule has 1 N–H and O–H groups in total. The fourth-order valence-corrected chi connectivity index (χ4v) is 3.81. The molecule has 2 aliphatic heterocycles. The molecular weight excluding hydrogens is 230 g/mol. The van der Waals surface area contributed by atoms with Crippen LogP contribution in [0.2, 0.25) is 0 Å².